The van der Waals surface area contributed by atoms with Gasteiger partial charge >= 0.3 is 6.18 Å². The molecule has 0 saturated carbocycles. The fourth-order valence-corrected chi connectivity index (χ4v) is 3.32. The van der Waals surface area contributed by atoms with Crippen LogP contribution in [0.1, 0.15) is 42.4 Å². The van der Waals surface area contributed by atoms with Crippen molar-refractivity contribution in [3.63, 3.8) is 0 Å². The Labute approximate surface area is 152 Å². The fourth-order valence-electron chi connectivity index (χ4n) is 3.32. The second-order valence-electron chi connectivity index (χ2n) is 6.49. The number of ether oxygens (including phenoxy) is 1. The number of nitrogens with zero attached hydrogens (tertiary/aromatic N) is 3. The van der Waals surface area contributed by atoms with Crippen molar-refractivity contribution in [1.82, 2.24) is 19.7 Å². The maximum absolute atomic E-state index is 13.2. The second kappa shape index (κ2) is 6.80. The van der Waals surface area contributed by atoms with Gasteiger partial charge in [0.2, 0.25) is 0 Å². The summed E-state index contributed by atoms with van der Waals surface area (Å²) in [6.45, 7) is 0.598. The molecule has 3 heterocycles. The number of hydrogen-bond acceptors (Lipinski definition) is 4. The zero-order valence-electron chi connectivity index (χ0n) is 14.3. The van der Waals surface area contributed by atoms with Crippen LogP contribution >= 0.6 is 0 Å². The SMILES string of the molecule is O=c1[nH]c(Cc2ccccc2C(F)(F)F)nc2c1cnn2C1CCCCO1. The van der Waals surface area contributed by atoms with Gasteiger partial charge in [-0.25, -0.2) is 9.67 Å². The summed E-state index contributed by atoms with van der Waals surface area (Å²) >= 11 is 0. The van der Waals surface area contributed by atoms with Gasteiger partial charge in [0.1, 0.15) is 11.2 Å². The third-order valence-electron chi connectivity index (χ3n) is 4.62. The summed E-state index contributed by atoms with van der Waals surface area (Å²) in [5.41, 5.74) is -0.795. The van der Waals surface area contributed by atoms with E-state index >= 15 is 0 Å². The number of benzene rings is 1. The first-order valence-electron chi connectivity index (χ1n) is 8.66. The van der Waals surface area contributed by atoms with Crippen LogP contribution in [-0.2, 0) is 17.3 Å². The molecule has 27 heavy (non-hydrogen) atoms. The molecular formula is C18H17F3N4O2. The van der Waals surface area contributed by atoms with Gasteiger partial charge in [-0.15, -0.1) is 0 Å². The van der Waals surface area contributed by atoms with Crippen LogP contribution in [0.15, 0.2) is 35.3 Å². The highest BCUT2D eigenvalue weighted by Gasteiger charge is 2.33. The number of H-pyrrole nitrogens is 1. The summed E-state index contributed by atoms with van der Waals surface area (Å²) in [6, 6.07) is 5.27. The Morgan fingerprint density at radius 1 is 1.26 bits per heavy atom. The van der Waals surface area contributed by atoms with E-state index in [1.165, 1.54) is 24.4 Å². The van der Waals surface area contributed by atoms with Gasteiger partial charge in [0.05, 0.1) is 11.8 Å². The molecule has 1 unspecified atom stereocenters. The van der Waals surface area contributed by atoms with Crippen molar-refractivity contribution in [1.29, 1.82) is 0 Å². The predicted octanol–water partition coefficient (Wildman–Crippen LogP) is 3.43. The fraction of sp³-hybridized carbons (Fsp3) is 0.389. The molecule has 0 bridgehead atoms. The van der Waals surface area contributed by atoms with Crippen molar-refractivity contribution >= 4 is 11.0 Å². The van der Waals surface area contributed by atoms with Gasteiger partial charge in [-0.1, -0.05) is 18.2 Å². The summed E-state index contributed by atoms with van der Waals surface area (Å²) in [5, 5.41) is 4.50. The Balaban J connectivity index is 1.74. The number of nitrogens with one attached hydrogen (secondary N) is 1. The number of aromatic amines is 1. The Bertz CT molecular complexity index is 1020. The second-order valence-corrected chi connectivity index (χ2v) is 6.49. The molecule has 1 aliphatic rings. The molecule has 3 aromatic rings. The zero-order chi connectivity index (χ0) is 19.0. The molecule has 1 atom stereocenters. The topological polar surface area (TPSA) is 72.8 Å². The van der Waals surface area contributed by atoms with Crippen LogP contribution in [0.2, 0.25) is 0 Å². The predicted molar refractivity (Wildman–Crippen MR) is 91.2 cm³/mol. The van der Waals surface area contributed by atoms with Crippen LogP contribution < -0.4 is 5.56 Å². The molecule has 4 rings (SSSR count). The minimum absolute atomic E-state index is 0.0486. The zero-order valence-corrected chi connectivity index (χ0v) is 14.3. The monoisotopic (exact) mass is 378 g/mol. The average molecular weight is 378 g/mol. The van der Waals surface area contributed by atoms with Crippen LogP contribution in [0.3, 0.4) is 0 Å². The van der Waals surface area contributed by atoms with Crippen LogP contribution in [0.4, 0.5) is 13.2 Å². The summed E-state index contributed by atoms with van der Waals surface area (Å²) in [5.74, 6) is 0.154. The Morgan fingerprint density at radius 2 is 2.07 bits per heavy atom. The van der Waals surface area contributed by atoms with E-state index in [-0.39, 0.29) is 29.4 Å². The summed E-state index contributed by atoms with van der Waals surface area (Å²) in [7, 11) is 0. The standard InChI is InChI=1S/C18H17F3N4O2/c19-18(20,21)13-6-2-1-5-11(13)9-14-23-16-12(17(26)24-14)10-22-25(16)15-7-3-4-8-27-15/h1-2,5-6,10,15H,3-4,7-9H2,(H,23,24,26). The Hall–Kier alpha value is -2.68. The van der Waals surface area contributed by atoms with E-state index in [1.807, 2.05) is 0 Å². The number of rotatable bonds is 3. The van der Waals surface area contributed by atoms with Crippen LogP contribution in [0.25, 0.3) is 11.0 Å². The molecule has 0 aliphatic carbocycles. The van der Waals surface area contributed by atoms with Crippen molar-refractivity contribution in [3.8, 4) is 0 Å². The van der Waals surface area contributed by atoms with E-state index in [2.05, 4.69) is 15.1 Å². The first kappa shape index (κ1) is 17.7. The highest BCUT2D eigenvalue weighted by Crippen LogP contribution is 2.32. The molecule has 6 nitrogen and oxygen atoms in total. The molecule has 1 aliphatic heterocycles. The third-order valence-corrected chi connectivity index (χ3v) is 4.62. The lowest BCUT2D eigenvalue weighted by atomic mass is 10.0. The lowest BCUT2D eigenvalue weighted by Crippen LogP contribution is -2.21. The number of halogens is 3. The molecule has 1 saturated heterocycles. The van der Waals surface area contributed by atoms with Crippen molar-refractivity contribution in [3.05, 3.63) is 57.8 Å². The minimum atomic E-state index is -4.47. The van der Waals surface area contributed by atoms with E-state index in [0.29, 0.717) is 12.3 Å². The molecule has 0 amide bonds. The molecule has 9 heteroatoms. The molecule has 0 spiro atoms. The molecule has 0 radical (unpaired) electrons. The van der Waals surface area contributed by atoms with E-state index in [1.54, 1.807) is 4.68 Å². The average Bonchev–Trinajstić information content (AvgIpc) is 3.06. The molecular weight excluding hydrogens is 361 g/mol. The van der Waals surface area contributed by atoms with Crippen molar-refractivity contribution in [2.75, 3.05) is 6.61 Å². The van der Waals surface area contributed by atoms with E-state index in [0.717, 1.165) is 25.3 Å². The lowest BCUT2D eigenvalue weighted by Gasteiger charge is -2.23. The summed E-state index contributed by atoms with van der Waals surface area (Å²) in [4.78, 5) is 19.3. The first-order valence-corrected chi connectivity index (χ1v) is 8.66. The smallest absolute Gasteiger partial charge is 0.356 e. The number of alkyl halides is 3. The third kappa shape index (κ3) is 3.46. The molecule has 142 valence electrons. The van der Waals surface area contributed by atoms with E-state index in [4.69, 9.17) is 4.74 Å². The minimum Gasteiger partial charge on any atom is -0.356 e. The summed E-state index contributed by atoms with van der Waals surface area (Å²) in [6.07, 6.45) is -0.842. The summed E-state index contributed by atoms with van der Waals surface area (Å²) < 4.78 is 46.9. The van der Waals surface area contributed by atoms with Gasteiger partial charge < -0.3 is 9.72 Å². The van der Waals surface area contributed by atoms with Crippen molar-refractivity contribution in [2.45, 2.75) is 38.1 Å². The van der Waals surface area contributed by atoms with E-state index < -0.39 is 17.3 Å². The Morgan fingerprint density at radius 3 is 2.81 bits per heavy atom. The van der Waals surface area contributed by atoms with Crippen LogP contribution in [0.5, 0.6) is 0 Å². The van der Waals surface area contributed by atoms with Crippen LogP contribution in [0, 0.1) is 0 Å². The number of aromatic nitrogens is 4. The maximum atomic E-state index is 13.2. The molecule has 2 aromatic heterocycles. The first-order chi connectivity index (χ1) is 12.9. The van der Waals surface area contributed by atoms with Gasteiger partial charge in [0, 0.05) is 13.0 Å². The number of fused-ring (bicyclic) bond motifs is 1. The molecule has 1 aromatic carbocycles. The van der Waals surface area contributed by atoms with Crippen molar-refractivity contribution < 1.29 is 17.9 Å². The maximum Gasteiger partial charge on any atom is 0.416 e. The number of hydrogen-bond donors (Lipinski definition) is 1. The molecule has 1 fully saturated rings. The Kier molecular flexibility index (Phi) is 4.47. The van der Waals surface area contributed by atoms with Gasteiger partial charge in [-0.2, -0.15) is 18.3 Å². The highest BCUT2D eigenvalue weighted by atomic mass is 19.4. The van der Waals surface area contributed by atoms with Gasteiger partial charge in [0.15, 0.2) is 11.9 Å². The van der Waals surface area contributed by atoms with Crippen LogP contribution in [-0.4, -0.2) is 26.4 Å². The van der Waals surface area contributed by atoms with Gasteiger partial charge in [-0.3, -0.25) is 4.79 Å². The normalized spacial score (nSPS) is 18.1. The van der Waals surface area contributed by atoms with E-state index in [9.17, 15) is 18.0 Å². The van der Waals surface area contributed by atoms with Gasteiger partial charge in [0.25, 0.3) is 5.56 Å². The van der Waals surface area contributed by atoms with Crippen molar-refractivity contribution in [2.24, 2.45) is 0 Å². The highest BCUT2D eigenvalue weighted by molar-refractivity contribution is 5.73. The quantitative estimate of drug-likeness (QED) is 0.758. The lowest BCUT2D eigenvalue weighted by molar-refractivity contribution is -0.138. The van der Waals surface area contributed by atoms with Gasteiger partial charge in [-0.05, 0) is 30.9 Å². The largest absolute Gasteiger partial charge is 0.416 e. The molecule has 1 N–H and O–H groups in total.